The third-order valence-corrected chi connectivity index (χ3v) is 4.49. The summed E-state index contributed by atoms with van der Waals surface area (Å²) in [7, 11) is 0. The Bertz CT molecular complexity index is 630. The maximum Gasteiger partial charge on any atom is 0.271 e. The van der Waals surface area contributed by atoms with Gasteiger partial charge in [0.2, 0.25) is 0 Å². The molecule has 0 bridgehead atoms. The topological polar surface area (TPSA) is 75.4 Å². The monoisotopic (exact) mass is 306 g/mol. The number of hydrogen-bond donors (Lipinski definition) is 2. The van der Waals surface area contributed by atoms with Gasteiger partial charge in [0, 0.05) is 18.0 Å². The van der Waals surface area contributed by atoms with Crippen molar-refractivity contribution in [1.29, 1.82) is 0 Å². The summed E-state index contributed by atoms with van der Waals surface area (Å²) in [4.78, 5) is 16.6. The van der Waals surface area contributed by atoms with Crippen LogP contribution in [0, 0.1) is 12.8 Å². The van der Waals surface area contributed by atoms with E-state index in [4.69, 9.17) is 9.52 Å². The summed E-state index contributed by atoms with van der Waals surface area (Å²) >= 11 is 1.39. The molecule has 1 atom stereocenters. The number of aryl methyl sites for hydroxylation is 1. The molecule has 0 aliphatic heterocycles. The van der Waals surface area contributed by atoms with Crippen LogP contribution in [0.3, 0.4) is 0 Å². The highest BCUT2D eigenvalue weighted by Gasteiger charge is 2.32. The zero-order valence-electron chi connectivity index (χ0n) is 11.8. The summed E-state index contributed by atoms with van der Waals surface area (Å²) in [5, 5.41) is 14.5. The average molecular weight is 306 g/mol. The number of nitrogens with zero attached hydrogens (tertiary/aromatic N) is 1. The largest absolute Gasteiger partial charge is 0.459 e. The van der Waals surface area contributed by atoms with Crippen molar-refractivity contribution in [2.24, 2.45) is 5.92 Å². The number of aliphatic hydroxyl groups excluding tert-OH is 1. The Kier molecular flexibility index (Phi) is 4.07. The Morgan fingerprint density at radius 2 is 2.38 bits per heavy atom. The second kappa shape index (κ2) is 5.99. The third kappa shape index (κ3) is 3.33. The smallest absolute Gasteiger partial charge is 0.271 e. The van der Waals surface area contributed by atoms with E-state index >= 15 is 0 Å². The number of nitrogens with one attached hydrogen (secondary N) is 1. The van der Waals surface area contributed by atoms with Crippen molar-refractivity contribution >= 4 is 17.2 Å². The van der Waals surface area contributed by atoms with Crippen LogP contribution in [0.25, 0.3) is 10.8 Å². The number of aliphatic hydroxyl groups is 1. The van der Waals surface area contributed by atoms with Gasteiger partial charge in [0.25, 0.3) is 5.91 Å². The van der Waals surface area contributed by atoms with Crippen LogP contribution in [0.15, 0.2) is 21.9 Å². The van der Waals surface area contributed by atoms with Gasteiger partial charge in [0.1, 0.15) is 11.5 Å². The first-order valence-electron chi connectivity index (χ1n) is 7.11. The molecular weight excluding hydrogens is 288 g/mol. The zero-order chi connectivity index (χ0) is 14.8. The summed E-state index contributed by atoms with van der Waals surface area (Å²) in [6, 6.07) is 3.79. The molecule has 2 heterocycles. The van der Waals surface area contributed by atoms with Crippen molar-refractivity contribution in [1.82, 2.24) is 10.3 Å². The predicted molar refractivity (Wildman–Crippen MR) is 80.2 cm³/mol. The van der Waals surface area contributed by atoms with E-state index in [0.717, 1.165) is 18.6 Å². The Balaban J connectivity index is 1.68. The fourth-order valence-corrected chi connectivity index (χ4v) is 3.11. The first-order chi connectivity index (χ1) is 10.2. The van der Waals surface area contributed by atoms with Gasteiger partial charge in [0.15, 0.2) is 10.8 Å². The lowest BCUT2D eigenvalue weighted by molar-refractivity contribution is 0.0920. The Morgan fingerprint density at radius 3 is 3.00 bits per heavy atom. The van der Waals surface area contributed by atoms with E-state index in [1.165, 1.54) is 11.3 Å². The molecule has 2 aromatic heterocycles. The number of carbonyl (C=O) groups is 1. The van der Waals surface area contributed by atoms with E-state index in [1.54, 1.807) is 5.38 Å². The van der Waals surface area contributed by atoms with E-state index < -0.39 is 0 Å². The molecule has 1 aliphatic carbocycles. The lowest BCUT2D eigenvalue weighted by Gasteiger charge is -2.16. The number of aromatic nitrogens is 1. The molecule has 1 saturated carbocycles. The quantitative estimate of drug-likeness (QED) is 0.860. The van der Waals surface area contributed by atoms with Crippen LogP contribution in [0.5, 0.6) is 0 Å². The van der Waals surface area contributed by atoms with Crippen LogP contribution in [0.4, 0.5) is 0 Å². The molecule has 1 amide bonds. The van der Waals surface area contributed by atoms with Crippen LogP contribution in [-0.4, -0.2) is 28.6 Å². The van der Waals surface area contributed by atoms with Gasteiger partial charge >= 0.3 is 0 Å². The minimum absolute atomic E-state index is 0.0542. The Labute approximate surface area is 127 Å². The molecule has 1 unspecified atom stereocenters. The number of thiazole rings is 1. The SMILES string of the molecule is Cc1ccc(-c2nc(C(=O)NC(CCO)C3CC3)cs2)o1. The van der Waals surface area contributed by atoms with Crippen molar-refractivity contribution in [2.75, 3.05) is 6.61 Å². The third-order valence-electron chi connectivity index (χ3n) is 3.64. The summed E-state index contributed by atoms with van der Waals surface area (Å²) in [5.41, 5.74) is 0.410. The molecule has 1 aliphatic rings. The van der Waals surface area contributed by atoms with E-state index in [-0.39, 0.29) is 18.6 Å². The first-order valence-corrected chi connectivity index (χ1v) is 7.99. The Hall–Kier alpha value is -1.66. The molecule has 0 saturated heterocycles. The highest BCUT2D eigenvalue weighted by molar-refractivity contribution is 7.13. The first kappa shape index (κ1) is 14.3. The van der Waals surface area contributed by atoms with Crippen molar-refractivity contribution in [3.05, 3.63) is 29.0 Å². The summed E-state index contributed by atoms with van der Waals surface area (Å²) in [5.74, 6) is 1.84. The van der Waals surface area contributed by atoms with Crippen LogP contribution >= 0.6 is 11.3 Å². The minimum Gasteiger partial charge on any atom is -0.459 e. The lowest BCUT2D eigenvalue weighted by Crippen LogP contribution is -2.37. The second-order valence-corrected chi connectivity index (χ2v) is 6.24. The average Bonchev–Trinajstić information content (AvgIpc) is 3.02. The van der Waals surface area contributed by atoms with E-state index in [9.17, 15) is 4.79 Å². The second-order valence-electron chi connectivity index (χ2n) is 5.38. The maximum absolute atomic E-state index is 12.2. The zero-order valence-corrected chi connectivity index (χ0v) is 12.7. The lowest BCUT2D eigenvalue weighted by atomic mass is 10.1. The van der Waals surface area contributed by atoms with Gasteiger partial charge in [-0.3, -0.25) is 4.79 Å². The molecule has 2 N–H and O–H groups in total. The highest BCUT2D eigenvalue weighted by Crippen LogP contribution is 2.34. The summed E-state index contributed by atoms with van der Waals surface area (Å²) in [6.07, 6.45) is 2.85. The highest BCUT2D eigenvalue weighted by atomic mass is 32.1. The van der Waals surface area contributed by atoms with Gasteiger partial charge in [-0.1, -0.05) is 0 Å². The number of carbonyl (C=O) groups excluding carboxylic acids is 1. The summed E-state index contributed by atoms with van der Waals surface area (Å²) < 4.78 is 5.51. The van der Waals surface area contributed by atoms with Crippen molar-refractivity contribution in [2.45, 2.75) is 32.2 Å². The number of amides is 1. The fourth-order valence-electron chi connectivity index (χ4n) is 2.35. The minimum atomic E-state index is -0.175. The van der Waals surface area contributed by atoms with Gasteiger partial charge in [-0.2, -0.15) is 0 Å². The standard InChI is InChI=1S/C15H18N2O3S/c1-9-2-5-13(20-9)15-17-12(8-21-15)14(19)16-11(6-7-18)10-3-4-10/h2,5,8,10-11,18H,3-4,6-7H2,1H3,(H,16,19). The molecule has 1 fully saturated rings. The number of rotatable bonds is 6. The molecule has 112 valence electrons. The molecule has 0 radical (unpaired) electrons. The molecular formula is C15H18N2O3S. The molecule has 5 nitrogen and oxygen atoms in total. The molecule has 21 heavy (non-hydrogen) atoms. The molecule has 2 aromatic rings. The normalized spacial score (nSPS) is 15.9. The van der Waals surface area contributed by atoms with Gasteiger partial charge < -0.3 is 14.8 Å². The predicted octanol–water partition coefficient (Wildman–Crippen LogP) is 2.60. The van der Waals surface area contributed by atoms with Crippen LogP contribution in [-0.2, 0) is 0 Å². The fraction of sp³-hybridized carbons (Fsp3) is 0.467. The van der Waals surface area contributed by atoms with Crippen LogP contribution in [0.1, 0.15) is 35.5 Å². The van der Waals surface area contributed by atoms with E-state index in [0.29, 0.717) is 28.8 Å². The van der Waals surface area contributed by atoms with Gasteiger partial charge in [-0.05, 0) is 44.2 Å². The van der Waals surface area contributed by atoms with Gasteiger partial charge in [-0.15, -0.1) is 11.3 Å². The Morgan fingerprint density at radius 1 is 1.57 bits per heavy atom. The van der Waals surface area contributed by atoms with Crippen LogP contribution in [0.2, 0.25) is 0 Å². The maximum atomic E-state index is 12.2. The van der Waals surface area contributed by atoms with Crippen molar-refractivity contribution < 1.29 is 14.3 Å². The molecule has 6 heteroatoms. The van der Waals surface area contributed by atoms with Crippen molar-refractivity contribution in [3.8, 4) is 10.8 Å². The number of furan rings is 1. The molecule has 0 spiro atoms. The van der Waals surface area contributed by atoms with E-state index in [1.807, 2.05) is 19.1 Å². The summed E-state index contributed by atoms with van der Waals surface area (Å²) in [6.45, 7) is 1.97. The number of hydrogen-bond acceptors (Lipinski definition) is 5. The molecule has 0 aromatic carbocycles. The van der Waals surface area contributed by atoms with Crippen molar-refractivity contribution in [3.63, 3.8) is 0 Å². The van der Waals surface area contributed by atoms with Gasteiger partial charge in [0.05, 0.1) is 0 Å². The van der Waals surface area contributed by atoms with Crippen LogP contribution < -0.4 is 5.32 Å². The molecule has 3 rings (SSSR count). The van der Waals surface area contributed by atoms with E-state index in [2.05, 4.69) is 10.3 Å². The van der Waals surface area contributed by atoms with Gasteiger partial charge in [-0.25, -0.2) is 4.98 Å².